The van der Waals surface area contributed by atoms with Crippen LogP contribution in [-0.4, -0.2) is 20.1 Å². The number of nitrogens with one attached hydrogen (secondary N) is 1. The third-order valence-corrected chi connectivity index (χ3v) is 4.34. The van der Waals surface area contributed by atoms with Gasteiger partial charge >= 0.3 is 0 Å². The molecule has 0 saturated heterocycles. The number of hydrogen-bond acceptors (Lipinski definition) is 2. The van der Waals surface area contributed by atoms with Crippen molar-refractivity contribution in [3.63, 3.8) is 0 Å². The zero-order valence-corrected chi connectivity index (χ0v) is 11.9. The molecule has 0 saturated carbocycles. The smallest absolute Gasteiger partial charge is 0.233 e. The summed E-state index contributed by atoms with van der Waals surface area (Å²) in [4.78, 5) is 0. The number of sulfonamides is 1. The number of anilines is 1. The highest BCUT2D eigenvalue weighted by atomic mass is 35.5. The van der Waals surface area contributed by atoms with Crippen molar-refractivity contribution in [3.8, 4) is 0 Å². The number of alkyl halides is 1. The van der Waals surface area contributed by atoms with Gasteiger partial charge in [0.2, 0.25) is 10.0 Å². The summed E-state index contributed by atoms with van der Waals surface area (Å²) in [5.74, 6) is 0.331. The summed E-state index contributed by atoms with van der Waals surface area (Å²) in [6.07, 6.45) is 0. The summed E-state index contributed by atoms with van der Waals surface area (Å²) in [6.45, 7) is 5.69. The van der Waals surface area contributed by atoms with Crippen LogP contribution in [0.3, 0.4) is 0 Å². The number of aryl methyl sites for hydroxylation is 2. The van der Waals surface area contributed by atoms with Gasteiger partial charge in [-0.1, -0.05) is 13.0 Å². The quantitative estimate of drug-likeness (QED) is 0.840. The van der Waals surface area contributed by atoms with E-state index < -0.39 is 10.0 Å². The molecule has 5 heteroatoms. The second-order valence-corrected chi connectivity index (χ2v) is 6.59. The summed E-state index contributed by atoms with van der Waals surface area (Å²) in [7, 11) is -3.31. The van der Waals surface area contributed by atoms with E-state index in [1.165, 1.54) is 0 Å². The zero-order valence-electron chi connectivity index (χ0n) is 10.3. The average Bonchev–Trinajstić information content (AvgIpc) is 2.13. The van der Waals surface area contributed by atoms with Gasteiger partial charge in [0.05, 0.1) is 5.75 Å². The van der Waals surface area contributed by atoms with Gasteiger partial charge in [0.25, 0.3) is 0 Å². The largest absolute Gasteiger partial charge is 0.284 e. The fourth-order valence-corrected chi connectivity index (χ4v) is 3.34. The normalized spacial score (nSPS) is 13.4. The molecule has 0 amide bonds. The van der Waals surface area contributed by atoms with Crippen LogP contribution in [0.15, 0.2) is 18.2 Å². The molecule has 0 spiro atoms. The topological polar surface area (TPSA) is 46.2 Å². The second-order valence-electron chi connectivity index (χ2n) is 4.52. The summed E-state index contributed by atoms with van der Waals surface area (Å²) in [6, 6.07) is 5.63. The molecular weight excluding hydrogens is 258 g/mol. The Morgan fingerprint density at radius 2 is 1.76 bits per heavy atom. The first kappa shape index (κ1) is 14.3. The van der Waals surface area contributed by atoms with Gasteiger partial charge in [-0.05, 0) is 43.0 Å². The molecule has 0 heterocycles. The Hall–Kier alpha value is -0.740. The van der Waals surface area contributed by atoms with Crippen molar-refractivity contribution < 1.29 is 8.42 Å². The van der Waals surface area contributed by atoms with E-state index in [4.69, 9.17) is 11.6 Å². The Bertz CT molecular complexity index is 465. The molecule has 0 aliphatic carbocycles. The van der Waals surface area contributed by atoms with Crippen LogP contribution in [0.1, 0.15) is 18.1 Å². The minimum Gasteiger partial charge on any atom is -0.284 e. The monoisotopic (exact) mass is 275 g/mol. The minimum atomic E-state index is -3.31. The molecule has 3 nitrogen and oxygen atoms in total. The van der Waals surface area contributed by atoms with Crippen LogP contribution in [0.2, 0.25) is 0 Å². The molecular formula is C12H18ClNO2S. The molecule has 1 N–H and O–H groups in total. The van der Waals surface area contributed by atoms with Crippen LogP contribution < -0.4 is 4.72 Å². The molecule has 0 aromatic heterocycles. The van der Waals surface area contributed by atoms with Gasteiger partial charge in [0.1, 0.15) is 0 Å². The van der Waals surface area contributed by atoms with Crippen molar-refractivity contribution in [2.45, 2.75) is 20.8 Å². The average molecular weight is 276 g/mol. The van der Waals surface area contributed by atoms with E-state index >= 15 is 0 Å². The minimum absolute atomic E-state index is 0.0451. The maximum absolute atomic E-state index is 11.8. The van der Waals surface area contributed by atoms with Gasteiger partial charge in [0.15, 0.2) is 0 Å². The first-order valence-electron chi connectivity index (χ1n) is 5.47. The molecule has 17 heavy (non-hydrogen) atoms. The molecule has 1 unspecified atom stereocenters. The van der Waals surface area contributed by atoms with Crippen molar-refractivity contribution in [1.82, 2.24) is 0 Å². The van der Waals surface area contributed by atoms with Crippen molar-refractivity contribution in [2.75, 3.05) is 16.4 Å². The van der Waals surface area contributed by atoms with Gasteiger partial charge in [-0.15, -0.1) is 11.6 Å². The summed E-state index contributed by atoms with van der Waals surface area (Å²) in [5, 5.41) is 0. The van der Waals surface area contributed by atoms with E-state index in [0.717, 1.165) is 11.1 Å². The Morgan fingerprint density at radius 3 is 2.24 bits per heavy atom. The van der Waals surface area contributed by atoms with Crippen LogP contribution in [0.5, 0.6) is 0 Å². The van der Waals surface area contributed by atoms with E-state index in [1.807, 2.05) is 39.0 Å². The number of rotatable bonds is 5. The van der Waals surface area contributed by atoms with Crippen LogP contribution in [0, 0.1) is 19.8 Å². The number of benzene rings is 1. The number of halogens is 1. The van der Waals surface area contributed by atoms with Gasteiger partial charge in [-0.3, -0.25) is 4.72 Å². The van der Waals surface area contributed by atoms with E-state index in [-0.39, 0.29) is 11.7 Å². The third kappa shape index (κ3) is 4.96. The zero-order chi connectivity index (χ0) is 13.1. The predicted molar refractivity (Wildman–Crippen MR) is 73.2 cm³/mol. The Kier molecular flexibility index (Phi) is 4.83. The maximum atomic E-state index is 11.8. The molecule has 1 aromatic rings. The summed E-state index contributed by atoms with van der Waals surface area (Å²) >= 11 is 5.62. The molecule has 0 radical (unpaired) electrons. The van der Waals surface area contributed by atoms with Crippen LogP contribution in [0.4, 0.5) is 5.69 Å². The lowest BCUT2D eigenvalue weighted by atomic mass is 10.1. The van der Waals surface area contributed by atoms with Crippen molar-refractivity contribution in [1.29, 1.82) is 0 Å². The highest BCUT2D eigenvalue weighted by Gasteiger charge is 2.15. The summed E-state index contributed by atoms with van der Waals surface area (Å²) < 4.78 is 26.2. The second kappa shape index (κ2) is 5.74. The van der Waals surface area contributed by atoms with Gasteiger partial charge < -0.3 is 0 Å². The lowest BCUT2D eigenvalue weighted by Gasteiger charge is -2.12. The first-order valence-corrected chi connectivity index (χ1v) is 7.66. The lowest BCUT2D eigenvalue weighted by Crippen LogP contribution is -2.22. The van der Waals surface area contributed by atoms with E-state index in [0.29, 0.717) is 11.6 Å². The Labute approximate surface area is 108 Å². The fraction of sp³-hybridized carbons (Fsp3) is 0.500. The third-order valence-electron chi connectivity index (χ3n) is 2.26. The van der Waals surface area contributed by atoms with Crippen LogP contribution in [0.25, 0.3) is 0 Å². The Balaban J connectivity index is 2.83. The fourth-order valence-electron chi connectivity index (χ4n) is 1.67. The van der Waals surface area contributed by atoms with E-state index in [2.05, 4.69) is 4.72 Å². The van der Waals surface area contributed by atoms with Crippen LogP contribution >= 0.6 is 11.6 Å². The van der Waals surface area contributed by atoms with Gasteiger partial charge in [-0.2, -0.15) is 0 Å². The van der Waals surface area contributed by atoms with Crippen molar-refractivity contribution in [2.24, 2.45) is 5.92 Å². The van der Waals surface area contributed by atoms with Crippen LogP contribution in [-0.2, 0) is 10.0 Å². The van der Waals surface area contributed by atoms with Gasteiger partial charge in [-0.25, -0.2) is 8.42 Å². The molecule has 96 valence electrons. The summed E-state index contributed by atoms with van der Waals surface area (Å²) in [5.41, 5.74) is 2.69. The molecule has 1 atom stereocenters. The van der Waals surface area contributed by atoms with E-state index in [1.54, 1.807) is 0 Å². The highest BCUT2D eigenvalue weighted by molar-refractivity contribution is 7.92. The van der Waals surface area contributed by atoms with Crippen molar-refractivity contribution in [3.05, 3.63) is 29.3 Å². The molecule has 1 rings (SSSR count). The van der Waals surface area contributed by atoms with Crippen molar-refractivity contribution >= 4 is 27.3 Å². The van der Waals surface area contributed by atoms with Gasteiger partial charge in [0, 0.05) is 11.6 Å². The van der Waals surface area contributed by atoms with E-state index in [9.17, 15) is 8.42 Å². The standard InChI is InChI=1S/C12H18ClNO2S/c1-9-4-10(2)6-12(5-9)14-17(15,16)8-11(3)7-13/h4-6,11,14H,7-8H2,1-3H3. The molecule has 0 aliphatic heterocycles. The Morgan fingerprint density at radius 1 is 1.24 bits per heavy atom. The SMILES string of the molecule is Cc1cc(C)cc(NS(=O)(=O)CC(C)CCl)c1. The highest BCUT2D eigenvalue weighted by Crippen LogP contribution is 2.16. The predicted octanol–water partition coefficient (Wildman–Crippen LogP) is 2.92. The lowest BCUT2D eigenvalue weighted by molar-refractivity contribution is 0.588. The maximum Gasteiger partial charge on any atom is 0.233 e. The molecule has 0 fully saturated rings. The molecule has 0 aliphatic rings. The number of hydrogen-bond donors (Lipinski definition) is 1. The first-order chi connectivity index (χ1) is 7.82. The molecule has 1 aromatic carbocycles. The molecule has 0 bridgehead atoms.